The molecule has 0 saturated heterocycles. The Morgan fingerprint density at radius 3 is 2.59 bits per heavy atom. The summed E-state index contributed by atoms with van der Waals surface area (Å²) in [6.07, 6.45) is 0. The molecule has 0 radical (unpaired) electrons. The summed E-state index contributed by atoms with van der Waals surface area (Å²) in [5.41, 5.74) is -0.122. The van der Waals surface area contributed by atoms with Gasteiger partial charge in [-0.15, -0.1) is 0 Å². The minimum Gasteiger partial charge on any atom is -0.358 e. The molecule has 1 heterocycles. The van der Waals surface area contributed by atoms with Crippen LogP contribution in [-0.2, 0) is 6.54 Å². The first-order valence-corrected chi connectivity index (χ1v) is 6.31. The second-order valence-electron chi connectivity index (χ2n) is 4.48. The predicted octanol–water partition coefficient (Wildman–Crippen LogP) is 1.81. The first-order valence-electron chi connectivity index (χ1n) is 6.31. The number of amides is 1. The summed E-state index contributed by atoms with van der Waals surface area (Å²) in [6.45, 7) is 1.78. The largest absolute Gasteiger partial charge is 0.390 e. The van der Waals surface area contributed by atoms with Gasteiger partial charge in [-0.1, -0.05) is 6.07 Å². The van der Waals surface area contributed by atoms with E-state index in [0.29, 0.717) is 5.69 Å². The van der Waals surface area contributed by atoms with Gasteiger partial charge in [-0.3, -0.25) is 4.79 Å². The Morgan fingerprint density at radius 2 is 2.05 bits per heavy atom. The monoisotopic (exact) mass is 310 g/mol. The third-order valence-electron chi connectivity index (χ3n) is 2.95. The van der Waals surface area contributed by atoms with Crippen molar-refractivity contribution >= 4 is 11.7 Å². The molecule has 0 fully saturated rings. The number of hydrogen-bond acceptors (Lipinski definition) is 4. The molecule has 2 aromatic rings. The van der Waals surface area contributed by atoms with Crippen molar-refractivity contribution in [3.05, 3.63) is 57.3 Å². The highest BCUT2D eigenvalue weighted by Crippen LogP contribution is 2.12. The topological polar surface area (TPSA) is 90.1 Å². The number of rotatable bonds is 5. The summed E-state index contributed by atoms with van der Waals surface area (Å²) in [5.74, 6) is -3.11. The van der Waals surface area contributed by atoms with E-state index in [1.165, 1.54) is 10.7 Å². The lowest BCUT2D eigenvalue weighted by Gasteiger charge is -2.06. The molecule has 1 amide bonds. The Kier molecular flexibility index (Phi) is 4.44. The number of nitrogens with one attached hydrogen (secondary N) is 1. The van der Waals surface area contributed by atoms with Crippen molar-refractivity contribution in [3.8, 4) is 0 Å². The van der Waals surface area contributed by atoms with E-state index in [0.717, 1.165) is 18.2 Å². The molecule has 9 heteroatoms. The number of aryl methyl sites for hydroxylation is 1. The van der Waals surface area contributed by atoms with E-state index in [2.05, 4.69) is 10.4 Å². The average molecular weight is 310 g/mol. The number of hydrogen-bond donors (Lipinski definition) is 1. The molecular formula is C13H12F2N4O3. The lowest BCUT2D eigenvalue weighted by Crippen LogP contribution is -2.29. The van der Waals surface area contributed by atoms with E-state index in [-0.39, 0.29) is 18.9 Å². The number of nitrogens with zero attached hydrogens (tertiary/aromatic N) is 3. The van der Waals surface area contributed by atoms with Crippen LogP contribution in [0.2, 0.25) is 0 Å². The number of carbonyl (C=O) groups is 1. The van der Waals surface area contributed by atoms with E-state index >= 15 is 0 Å². The van der Waals surface area contributed by atoms with E-state index in [1.807, 2.05) is 0 Å². The Morgan fingerprint density at radius 1 is 1.41 bits per heavy atom. The third kappa shape index (κ3) is 3.25. The predicted molar refractivity (Wildman–Crippen MR) is 72.3 cm³/mol. The van der Waals surface area contributed by atoms with Gasteiger partial charge in [0.05, 0.1) is 23.4 Å². The summed E-state index contributed by atoms with van der Waals surface area (Å²) in [5, 5.41) is 16.7. The maximum atomic E-state index is 13.4. The zero-order chi connectivity index (χ0) is 16.3. The summed E-state index contributed by atoms with van der Waals surface area (Å²) in [7, 11) is 0. The first-order chi connectivity index (χ1) is 10.4. The number of benzene rings is 1. The van der Waals surface area contributed by atoms with Gasteiger partial charge in [0.15, 0.2) is 0 Å². The lowest BCUT2D eigenvalue weighted by molar-refractivity contribution is -0.389. The smallest absolute Gasteiger partial charge is 0.358 e. The lowest BCUT2D eigenvalue weighted by atomic mass is 10.2. The highest BCUT2D eigenvalue weighted by molar-refractivity contribution is 5.94. The minimum absolute atomic E-state index is 0.0201. The second-order valence-corrected chi connectivity index (χ2v) is 4.48. The molecule has 7 nitrogen and oxygen atoms in total. The van der Waals surface area contributed by atoms with E-state index in [9.17, 15) is 23.7 Å². The van der Waals surface area contributed by atoms with Gasteiger partial charge < -0.3 is 15.4 Å². The van der Waals surface area contributed by atoms with Gasteiger partial charge in [0.2, 0.25) is 0 Å². The van der Waals surface area contributed by atoms with Crippen molar-refractivity contribution in [1.82, 2.24) is 15.1 Å². The van der Waals surface area contributed by atoms with Gasteiger partial charge in [0, 0.05) is 6.54 Å². The minimum atomic E-state index is -0.955. The quantitative estimate of drug-likeness (QED) is 0.673. The van der Waals surface area contributed by atoms with Gasteiger partial charge in [0.25, 0.3) is 5.91 Å². The number of carbonyl (C=O) groups excluding carboxylic acids is 1. The van der Waals surface area contributed by atoms with Crippen molar-refractivity contribution in [2.24, 2.45) is 0 Å². The van der Waals surface area contributed by atoms with Crippen LogP contribution in [0.15, 0.2) is 24.3 Å². The molecule has 22 heavy (non-hydrogen) atoms. The van der Waals surface area contributed by atoms with Crippen LogP contribution in [0.1, 0.15) is 16.1 Å². The maximum Gasteiger partial charge on any atom is 0.390 e. The van der Waals surface area contributed by atoms with Crippen LogP contribution in [0.5, 0.6) is 0 Å². The molecule has 1 aromatic heterocycles. The highest BCUT2D eigenvalue weighted by atomic mass is 19.1. The number of halogens is 2. The molecule has 0 spiro atoms. The molecular weight excluding hydrogens is 298 g/mol. The second kappa shape index (κ2) is 6.29. The van der Waals surface area contributed by atoms with Gasteiger partial charge in [0.1, 0.15) is 17.2 Å². The SMILES string of the molecule is Cc1cc([N+](=O)[O-])nn1CCNC(=O)c1c(F)cccc1F. The molecule has 0 atom stereocenters. The number of aromatic nitrogens is 2. The van der Waals surface area contributed by atoms with Crippen molar-refractivity contribution in [3.63, 3.8) is 0 Å². The van der Waals surface area contributed by atoms with E-state index in [4.69, 9.17) is 0 Å². The summed E-state index contributed by atoms with van der Waals surface area (Å²) in [6, 6.07) is 4.42. The summed E-state index contributed by atoms with van der Waals surface area (Å²) < 4.78 is 28.2. The van der Waals surface area contributed by atoms with Crippen LogP contribution in [0, 0.1) is 28.7 Å². The van der Waals surface area contributed by atoms with Crippen LogP contribution < -0.4 is 5.32 Å². The van der Waals surface area contributed by atoms with E-state index < -0.39 is 28.0 Å². The Hall–Kier alpha value is -2.84. The zero-order valence-corrected chi connectivity index (χ0v) is 11.5. The highest BCUT2D eigenvalue weighted by Gasteiger charge is 2.18. The standard InChI is InChI=1S/C13H12F2N4O3/c1-8-7-11(19(21)22)17-18(8)6-5-16-13(20)12-9(14)3-2-4-10(12)15/h2-4,7H,5-6H2,1H3,(H,16,20). The van der Waals surface area contributed by atoms with Crippen molar-refractivity contribution < 1.29 is 18.5 Å². The van der Waals surface area contributed by atoms with Gasteiger partial charge in [-0.25, -0.2) is 8.78 Å². The Balaban J connectivity index is 1.99. The third-order valence-corrected chi connectivity index (χ3v) is 2.95. The molecule has 1 N–H and O–H groups in total. The van der Waals surface area contributed by atoms with Crippen molar-refractivity contribution in [2.75, 3.05) is 6.54 Å². The summed E-state index contributed by atoms with van der Waals surface area (Å²) in [4.78, 5) is 21.7. The fourth-order valence-corrected chi connectivity index (χ4v) is 1.89. The number of nitro groups is 1. The molecule has 0 bridgehead atoms. The average Bonchev–Trinajstić information content (AvgIpc) is 2.80. The fourth-order valence-electron chi connectivity index (χ4n) is 1.89. The molecule has 0 saturated carbocycles. The van der Waals surface area contributed by atoms with Gasteiger partial charge in [-0.05, 0) is 24.0 Å². The van der Waals surface area contributed by atoms with Crippen LogP contribution in [0.25, 0.3) is 0 Å². The molecule has 0 aliphatic carbocycles. The Bertz CT molecular complexity index is 710. The van der Waals surface area contributed by atoms with E-state index in [1.54, 1.807) is 6.92 Å². The van der Waals surface area contributed by atoms with Crippen LogP contribution in [0.4, 0.5) is 14.6 Å². The van der Waals surface area contributed by atoms with Crippen LogP contribution >= 0.6 is 0 Å². The van der Waals surface area contributed by atoms with Crippen LogP contribution in [0.3, 0.4) is 0 Å². The molecule has 0 aliphatic heterocycles. The molecule has 0 unspecified atom stereocenters. The fraction of sp³-hybridized carbons (Fsp3) is 0.231. The van der Waals surface area contributed by atoms with Gasteiger partial charge >= 0.3 is 5.82 Å². The summed E-state index contributed by atoms with van der Waals surface area (Å²) >= 11 is 0. The van der Waals surface area contributed by atoms with Crippen LogP contribution in [-0.4, -0.2) is 27.2 Å². The molecule has 2 rings (SSSR count). The molecule has 1 aromatic carbocycles. The Labute approximate surface area is 123 Å². The van der Waals surface area contributed by atoms with Crippen molar-refractivity contribution in [2.45, 2.75) is 13.5 Å². The maximum absolute atomic E-state index is 13.4. The zero-order valence-electron chi connectivity index (χ0n) is 11.5. The molecule has 0 aliphatic rings. The van der Waals surface area contributed by atoms with Crippen molar-refractivity contribution in [1.29, 1.82) is 0 Å². The molecule has 116 valence electrons. The first kappa shape index (κ1) is 15.5. The van der Waals surface area contributed by atoms with Gasteiger partial charge in [-0.2, -0.15) is 4.68 Å². The normalized spacial score (nSPS) is 10.5.